The largest absolute Gasteiger partial charge is 1.00 e. The predicted molar refractivity (Wildman–Crippen MR) is 11.1 cm³/mol. The SMILES string of the molecule is O=C([O-])C(=O)[O-].[H-].[K+].[Na+].[Na+]. The second kappa shape index (κ2) is 13.2. The van der Waals surface area contributed by atoms with Gasteiger partial charge in [-0.05, 0) is 0 Å². The maximum absolute atomic E-state index is 8.93. The first-order valence-corrected chi connectivity index (χ1v) is 1.07. The van der Waals surface area contributed by atoms with Crippen molar-refractivity contribution >= 4 is 11.9 Å². The van der Waals surface area contributed by atoms with Crippen LogP contribution in [0.3, 0.4) is 0 Å². The Morgan fingerprint density at radius 1 is 1.00 bits per heavy atom. The fourth-order valence-electron chi connectivity index (χ4n) is 0. The van der Waals surface area contributed by atoms with Crippen LogP contribution in [0.15, 0.2) is 0 Å². The molecule has 0 unspecified atom stereocenters. The van der Waals surface area contributed by atoms with Gasteiger partial charge >= 0.3 is 110 Å². The number of carboxylic acid groups (broad SMARTS) is 2. The molecule has 0 spiro atoms. The molecular weight excluding hydrogens is 173 g/mol. The maximum Gasteiger partial charge on any atom is 1.00 e. The molecule has 0 aromatic carbocycles. The molecule has 0 bridgehead atoms. The molecule has 0 N–H and O–H groups in total. The molecule has 0 aromatic heterocycles. The molecule has 7 heteroatoms. The number of carbonyl (C=O) groups excluding carboxylic acids is 2. The van der Waals surface area contributed by atoms with Crippen LogP contribution in [0.4, 0.5) is 0 Å². The molecule has 0 aromatic rings. The first-order chi connectivity index (χ1) is 2.64. The Labute approximate surface area is 140 Å². The molecule has 0 saturated heterocycles. The molecule has 36 valence electrons. The van der Waals surface area contributed by atoms with Crippen molar-refractivity contribution in [3.8, 4) is 0 Å². The predicted octanol–water partition coefficient (Wildman–Crippen LogP) is -12.4. The van der Waals surface area contributed by atoms with Crippen molar-refractivity contribution in [3.05, 3.63) is 0 Å². The molecule has 0 atom stereocenters. The molecule has 0 fully saturated rings. The van der Waals surface area contributed by atoms with Crippen molar-refractivity contribution in [2.75, 3.05) is 0 Å². The first kappa shape index (κ1) is 22.6. The van der Waals surface area contributed by atoms with Gasteiger partial charge in [0.15, 0.2) is 0 Å². The van der Waals surface area contributed by atoms with E-state index in [4.69, 9.17) is 19.8 Å². The zero-order valence-electron chi connectivity index (χ0n) is 6.63. The van der Waals surface area contributed by atoms with Gasteiger partial charge in [-0.25, -0.2) is 0 Å². The van der Waals surface area contributed by atoms with Crippen LogP contribution in [0.5, 0.6) is 0 Å². The normalized spacial score (nSPS) is 4.89. The summed E-state index contributed by atoms with van der Waals surface area (Å²) in [4.78, 5) is 17.9. The van der Waals surface area contributed by atoms with Crippen molar-refractivity contribution in [2.24, 2.45) is 0 Å². The molecule has 0 aliphatic heterocycles. The molecule has 0 amide bonds. The van der Waals surface area contributed by atoms with E-state index in [1.807, 2.05) is 0 Å². The van der Waals surface area contributed by atoms with Gasteiger partial charge in [-0.2, -0.15) is 0 Å². The van der Waals surface area contributed by atoms with Crippen molar-refractivity contribution in [1.29, 1.82) is 0 Å². The van der Waals surface area contributed by atoms with Crippen molar-refractivity contribution < 1.29 is 132 Å². The number of carbonyl (C=O) groups is 2. The van der Waals surface area contributed by atoms with Crippen molar-refractivity contribution in [2.45, 2.75) is 0 Å². The average Bonchev–Trinajstić information content (AvgIpc) is 1.36. The van der Waals surface area contributed by atoms with Crippen LogP contribution in [-0.4, -0.2) is 11.9 Å². The van der Waals surface area contributed by atoms with E-state index in [0.717, 1.165) is 0 Å². The van der Waals surface area contributed by atoms with Crippen LogP contribution in [0.2, 0.25) is 0 Å². The third kappa shape index (κ3) is 18.0. The zero-order chi connectivity index (χ0) is 5.15. The summed E-state index contributed by atoms with van der Waals surface area (Å²) in [6.45, 7) is 0. The van der Waals surface area contributed by atoms with Crippen molar-refractivity contribution in [3.63, 3.8) is 0 Å². The second-order valence-electron chi connectivity index (χ2n) is 0.575. The van der Waals surface area contributed by atoms with Gasteiger partial charge in [0.2, 0.25) is 0 Å². The number of carboxylic acids is 2. The standard InChI is InChI=1S/C2H2O4.K.2Na.H/c3-1(4)2(5)6;;;;/h(H,3,4)(H,5,6);;;;/q;3*+1;-1/p-2. The topological polar surface area (TPSA) is 80.3 Å². The number of rotatable bonds is 0. The van der Waals surface area contributed by atoms with Gasteiger partial charge in [0.25, 0.3) is 0 Å². The monoisotopic (exact) mass is 174 g/mol. The Bertz CT molecular complexity index is 87.3. The maximum atomic E-state index is 8.93. The number of hydrogen-bond donors (Lipinski definition) is 0. The fraction of sp³-hybridized carbons (Fsp3) is 0. The molecular formula is C2HKNa2O4. The van der Waals surface area contributed by atoms with Crippen LogP contribution in [0.25, 0.3) is 0 Å². The average molecular weight is 174 g/mol. The second-order valence-corrected chi connectivity index (χ2v) is 0.575. The van der Waals surface area contributed by atoms with E-state index in [2.05, 4.69) is 0 Å². The Hall–Kier alpha value is 2.58. The fourth-order valence-corrected chi connectivity index (χ4v) is 0. The smallest absolute Gasteiger partial charge is 1.00 e. The Balaban J connectivity index is -0.0000000208. The van der Waals surface area contributed by atoms with Gasteiger partial charge in [0.1, 0.15) is 0 Å². The van der Waals surface area contributed by atoms with E-state index in [1.165, 1.54) is 0 Å². The van der Waals surface area contributed by atoms with Crippen molar-refractivity contribution in [1.82, 2.24) is 0 Å². The van der Waals surface area contributed by atoms with E-state index in [1.54, 1.807) is 0 Å². The summed E-state index contributed by atoms with van der Waals surface area (Å²) in [5, 5.41) is 17.9. The summed E-state index contributed by atoms with van der Waals surface area (Å²) in [5.41, 5.74) is 0. The van der Waals surface area contributed by atoms with Crippen LogP contribution < -0.4 is 121 Å². The minimum Gasteiger partial charge on any atom is -1.00 e. The molecule has 0 heterocycles. The Morgan fingerprint density at radius 3 is 1.11 bits per heavy atom. The summed E-state index contributed by atoms with van der Waals surface area (Å²) < 4.78 is 0. The van der Waals surface area contributed by atoms with Crippen LogP contribution in [-0.2, 0) is 9.59 Å². The quantitative estimate of drug-likeness (QED) is 0.270. The van der Waals surface area contributed by atoms with Gasteiger partial charge in [0.05, 0.1) is 11.9 Å². The van der Waals surface area contributed by atoms with E-state index in [0.29, 0.717) is 0 Å². The Morgan fingerprint density at radius 2 is 1.11 bits per heavy atom. The molecule has 9 heavy (non-hydrogen) atoms. The summed E-state index contributed by atoms with van der Waals surface area (Å²) >= 11 is 0. The number of aliphatic carboxylic acids is 2. The molecule has 0 saturated carbocycles. The Kier molecular flexibility index (Phi) is 33.1. The van der Waals surface area contributed by atoms with Gasteiger partial charge in [-0.3, -0.25) is 0 Å². The summed E-state index contributed by atoms with van der Waals surface area (Å²) in [7, 11) is 0. The first-order valence-electron chi connectivity index (χ1n) is 1.07. The molecule has 0 aliphatic rings. The van der Waals surface area contributed by atoms with Gasteiger partial charge in [-0.15, -0.1) is 0 Å². The van der Waals surface area contributed by atoms with Crippen LogP contribution in [0, 0.1) is 0 Å². The third-order valence-electron chi connectivity index (χ3n) is 0.167. The van der Waals surface area contributed by atoms with Gasteiger partial charge < -0.3 is 21.2 Å². The van der Waals surface area contributed by atoms with Gasteiger partial charge in [0, 0.05) is 0 Å². The van der Waals surface area contributed by atoms with E-state index in [9.17, 15) is 0 Å². The summed E-state index contributed by atoms with van der Waals surface area (Å²) in [5.74, 6) is -4.37. The van der Waals surface area contributed by atoms with E-state index < -0.39 is 11.9 Å². The van der Waals surface area contributed by atoms with Gasteiger partial charge in [-0.1, -0.05) is 0 Å². The molecule has 4 nitrogen and oxygen atoms in total. The van der Waals surface area contributed by atoms with E-state index >= 15 is 0 Å². The molecule has 0 radical (unpaired) electrons. The van der Waals surface area contributed by atoms with Crippen LogP contribution in [0.1, 0.15) is 1.43 Å². The zero-order valence-corrected chi connectivity index (χ0v) is 12.8. The summed E-state index contributed by atoms with van der Waals surface area (Å²) in [6, 6.07) is 0. The minimum atomic E-state index is -2.19. The molecule has 0 rings (SSSR count). The third-order valence-corrected chi connectivity index (χ3v) is 0.167. The molecule has 0 aliphatic carbocycles. The summed E-state index contributed by atoms with van der Waals surface area (Å²) in [6.07, 6.45) is 0. The van der Waals surface area contributed by atoms with E-state index in [-0.39, 0.29) is 112 Å². The minimum absolute atomic E-state index is 0. The number of hydrogen-bond acceptors (Lipinski definition) is 4. The van der Waals surface area contributed by atoms with Crippen LogP contribution >= 0.6 is 0 Å².